The molecule has 0 aliphatic heterocycles. The third kappa shape index (κ3) is 8.22. The second-order valence-corrected chi connectivity index (χ2v) is 7.50. The number of nitrogens with zero attached hydrogens (tertiary/aromatic N) is 1. The summed E-state index contributed by atoms with van der Waals surface area (Å²) in [6.07, 6.45) is 13.5. The average Bonchev–Trinajstić information content (AvgIpc) is 2.62. The van der Waals surface area contributed by atoms with Crippen LogP contribution in [0, 0.1) is 6.92 Å². The number of carbonyl (C=O) groups is 1. The number of halogens is 1. The molecule has 4 nitrogen and oxygen atoms in total. The molecule has 0 atom stereocenters. The van der Waals surface area contributed by atoms with E-state index in [1.807, 2.05) is 13.0 Å². The Morgan fingerprint density at radius 3 is 2.19 bits per heavy atom. The fourth-order valence-electron chi connectivity index (χ4n) is 3.16. The van der Waals surface area contributed by atoms with E-state index in [1.165, 1.54) is 44.9 Å². The molecule has 0 radical (unpaired) electrons. The molecule has 1 fully saturated rings. The molecule has 1 aliphatic rings. The van der Waals surface area contributed by atoms with Gasteiger partial charge in [-0.15, -0.1) is 0 Å². The summed E-state index contributed by atoms with van der Waals surface area (Å²) in [7, 11) is 0. The lowest BCUT2D eigenvalue weighted by atomic mass is 10.00. The zero-order valence-electron chi connectivity index (χ0n) is 15.9. The van der Waals surface area contributed by atoms with Gasteiger partial charge in [0.25, 0.3) is 5.91 Å². The van der Waals surface area contributed by atoms with Crippen LogP contribution in [0.15, 0.2) is 23.3 Å². The first-order valence-electron chi connectivity index (χ1n) is 9.88. The molecule has 0 heterocycles. The molecule has 0 aromatic heterocycles. The van der Waals surface area contributed by atoms with E-state index in [2.05, 4.69) is 10.5 Å². The summed E-state index contributed by atoms with van der Waals surface area (Å²) in [4.78, 5) is 12.0. The van der Waals surface area contributed by atoms with Gasteiger partial charge in [0.2, 0.25) is 0 Å². The summed E-state index contributed by atoms with van der Waals surface area (Å²) in [5.41, 5.74) is 4.70. The number of benzene rings is 1. The molecule has 1 amide bonds. The Morgan fingerprint density at radius 2 is 1.62 bits per heavy atom. The number of hydrogen-bond acceptors (Lipinski definition) is 3. The van der Waals surface area contributed by atoms with Crippen molar-refractivity contribution in [2.24, 2.45) is 5.10 Å². The van der Waals surface area contributed by atoms with Gasteiger partial charge in [0, 0.05) is 10.7 Å². The fraction of sp³-hybridized carbons (Fsp3) is 0.619. The normalized spacial score (nSPS) is 16.9. The molecular weight excluding hydrogens is 348 g/mol. The van der Waals surface area contributed by atoms with Gasteiger partial charge in [-0.2, -0.15) is 5.10 Å². The van der Waals surface area contributed by atoms with Crippen molar-refractivity contribution in [2.75, 3.05) is 6.61 Å². The number of hydrazone groups is 1. The van der Waals surface area contributed by atoms with Gasteiger partial charge in [0.05, 0.1) is 0 Å². The Kier molecular flexibility index (Phi) is 9.54. The van der Waals surface area contributed by atoms with Crippen LogP contribution in [0.4, 0.5) is 0 Å². The van der Waals surface area contributed by atoms with Gasteiger partial charge in [-0.05, 0) is 56.4 Å². The molecule has 5 heteroatoms. The Hall–Kier alpha value is -1.55. The number of rotatable bonds is 4. The topological polar surface area (TPSA) is 50.7 Å². The minimum atomic E-state index is -0.226. The minimum absolute atomic E-state index is 0.0438. The molecule has 144 valence electrons. The zero-order valence-corrected chi connectivity index (χ0v) is 16.6. The third-order valence-corrected chi connectivity index (χ3v) is 5.19. The van der Waals surface area contributed by atoms with E-state index in [0.717, 1.165) is 37.0 Å². The highest BCUT2D eigenvalue weighted by molar-refractivity contribution is 6.31. The van der Waals surface area contributed by atoms with Gasteiger partial charge in [-0.1, -0.05) is 56.5 Å². The first-order valence-corrected chi connectivity index (χ1v) is 10.3. The van der Waals surface area contributed by atoms with Crippen molar-refractivity contribution >= 4 is 23.2 Å². The van der Waals surface area contributed by atoms with Crippen LogP contribution in [-0.2, 0) is 4.79 Å². The molecule has 1 aromatic carbocycles. The highest BCUT2D eigenvalue weighted by atomic mass is 35.5. The Balaban J connectivity index is 1.78. The highest BCUT2D eigenvalue weighted by Gasteiger charge is 2.06. The van der Waals surface area contributed by atoms with Crippen molar-refractivity contribution in [1.29, 1.82) is 0 Å². The van der Waals surface area contributed by atoms with Gasteiger partial charge < -0.3 is 4.74 Å². The minimum Gasteiger partial charge on any atom is -0.484 e. The van der Waals surface area contributed by atoms with Crippen molar-refractivity contribution in [3.63, 3.8) is 0 Å². The molecule has 0 saturated heterocycles. The number of amides is 1. The quantitative estimate of drug-likeness (QED) is 0.672. The summed E-state index contributed by atoms with van der Waals surface area (Å²) in [5.74, 6) is 0.414. The monoisotopic (exact) mass is 378 g/mol. The van der Waals surface area contributed by atoms with E-state index in [-0.39, 0.29) is 12.5 Å². The molecular formula is C21H31ClN2O2. The van der Waals surface area contributed by atoms with Gasteiger partial charge in [-0.25, -0.2) is 5.43 Å². The maximum absolute atomic E-state index is 12.0. The van der Waals surface area contributed by atoms with E-state index in [4.69, 9.17) is 16.3 Å². The fourth-order valence-corrected chi connectivity index (χ4v) is 3.28. The molecule has 0 spiro atoms. The van der Waals surface area contributed by atoms with Crippen molar-refractivity contribution < 1.29 is 9.53 Å². The van der Waals surface area contributed by atoms with Gasteiger partial charge in [0.15, 0.2) is 6.61 Å². The smallest absolute Gasteiger partial charge is 0.277 e. The molecule has 1 aliphatic carbocycles. The first kappa shape index (κ1) is 20.8. The van der Waals surface area contributed by atoms with E-state index in [1.54, 1.807) is 12.1 Å². The molecule has 1 aromatic rings. The summed E-state index contributed by atoms with van der Waals surface area (Å²) in [6.45, 7) is 1.86. The van der Waals surface area contributed by atoms with Crippen molar-refractivity contribution in [3.05, 3.63) is 28.8 Å². The van der Waals surface area contributed by atoms with Crippen molar-refractivity contribution in [2.45, 2.75) is 77.6 Å². The predicted molar refractivity (Wildman–Crippen MR) is 108 cm³/mol. The third-order valence-electron chi connectivity index (χ3n) is 4.77. The van der Waals surface area contributed by atoms with Crippen LogP contribution >= 0.6 is 11.6 Å². The van der Waals surface area contributed by atoms with Crippen LogP contribution in [0.3, 0.4) is 0 Å². The maximum atomic E-state index is 12.0. The SMILES string of the molecule is Cc1cc(OCC(=O)NN=C2CCCCCCCCCCC2)ccc1Cl. The number of nitrogens with one attached hydrogen (secondary N) is 1. The van der Waals surface area contributed by atoms with Crippen molar-refractivity contribution in [3.8, 4) is 5.75 Å². The van der Waals surface area contributed by atoms with E-state index in [0.29, 0.717) is 10.8 Å². The lowest BCUT2D eigenvalue weighted by Crippen LogP contribution is -2.26. The van der Waals surface area contributed by atoms with Crippen LogP contribution in [0.5, 0.6) is 5.75 Å². The number of hydrogen-bond donors (Lipinski definition) is 1. The lowest BCUT2D eigenvalue weighted by molar-refractivity contribution is -0.123. The van der Waals surface area contributed by atoms with Crippen LogP contribution in [0.25, 0.3) is 0 Å². The van der Waals surface area contributed by atoms with Crippen LogP contribution < -0.4 is 10.2 Å². The molecule has 0 bridgehead atoms. The standard InChI is InChI=1S/C21H31ClN2O2/c1-17-15-19(13-14-20(17)22)26-16-21(25)24-23-18-11-9-7-5-3-2-4-6-8-10-12-18/h13-15H,2-12,16H2,1H3,(H,24,25). The number of carbonyl (C=O) groups excluding carboxylic acids is 1. The van der Waals surface area contributed by atoms with Crippen LogP contribution in [0.2, 0.25) is 5.02 Å². The van der Waals surface area contributed by atoms with Crippen LogP contribution in [-0.4, -0.2) is 18.2 Å². The van der Waals surface area contributed by atoms with Crippen LogP contribution in [0.1, 0.15) is 76.2 Å². The summed E-state index contributed by atoms with van der Waals surface area (Å²) < 4.78 is 5.52. The first-order chi connectivity index (χ1) is 12.6. The van der Waals surface area contributed by atoms with Gasteiger partial charge >= 0.3 is 0 Å². The van der Waals surface area contributed by atoms with E-state index < -0.39 is 0 Å². The number of aryl methyl sites for hydroxylation is 1. The largest absolute Gasteiger partial charge is 0.484 e. The Morgan fingerprint density at radius 1 is 1.04 bits per heavy atom. The maximum Gasteiger partial charge on any atom is 0.277 e. The average molecular weight is 379 g/mol. The second-order valence-electron chi connectivity index (χ2n) is 7.09. The molecule has 2 rings (SSSR count). The summed E-state index contributed by atoms with van der Waals surface area (Å²) in [6, 6.07) is 5.37. The van der Waals surface area contributed by atoms with Crippen molar-refractivity contribution in [1.82, 2.24) is 5.43 Å². The number of ether oxygens (including phenoxy) is 1. The Labute approximate surface area is 162 Å². The van der Waals surface area contributed by atoms with E-state index >= 15 is 0 Å². The molecule has 26 heavy (non-hydrogen) atoms. The highest BCUT2D eigenvalue weighted by Crippen LogP contribution is 2.21. The predicted octanol–water partition coefficient (Wildman–Crippen LogP) is 5.80. The van der Waals surface area contributed by atoms with E-state index in [9.17, 15) is 4.79 Å². The second kappa shape index (κ2) is 11.9. The van der Waals surface area contributed by atoms with Gasteiger partial charge in [0.1, 0.15) is 5.75 Å². The molecule has 1 N–H and O–H groups in total. The summed E-state index contributed by atoms with van der Waals surface area (Å²) >= 11 is 5.99. The van der Waals surface area contributed by atoms with Gasteiger partial charge in [-0.3, -0.25) is 4.79 Å². The Bertz CT molecular complexity index is 588. The lowest BCUT2D eigenvalue weighted by Gasteiger charge is -2.10. The summed E-state index contributed by atoms with van der Waals surface area (Å²) in [5, 5.41) is 5.06. The molecule has 1 saturated carbocycles. The molecule has 0 unspecified atom stereocenters. The zero-order chi connectivity index (χ0) is 18.6.